The Bertz CT molecular complexity index is 1190. The SMILES string of the molecule is CCc1ccccc1N(CC(=O)N[C@H](CC)c1ccc(C)cc1)S(=O)(=O)c1ccc(C)cc1. The molecule has 0 saturated carbocycles. The summed E-state index contributed by atoms with van der Waals surface area (Å²) < 4.78 is 28.5. The van der Waals surface area contributed by atoms with Crippen molar-refractivity contribution in [3.8, 4) is 0 Å². The highest BCUT2D eigenvalue weighted by atomic mass is 32.2. The minimum Gasteiger partial charge on any atom is -0.348 e. The van der Waals surface area contributed by atoms with Gasteiger partial charge in [-0.1, -0.05) is 79.6 Å². The number of amides is 1. The Labute approximate surface area is 197 Å². The van der Waals surface area contributed by atoms with Gasteiger partial charge in [0.15, 0.2) is 0 Å². The number of benzene rings is 3. The second-order valence-electron chi connectivity index (χ2n) is 8.25. The summed E-state index contributed by atoms with van der Waals surface area (Å²) in [5.74, 6) is -0.344. The number of carbonyl (C=O) groups excluding carboxylic acids is 1. The van der Waals surface area contributed by atoms with E-state index in [2.05, 4.69) is 5.32 Å². The van der Waals surface area contributed by atoms with E-state index in [1.165, 1.54) is 4.31 Å². The third kappa shape index (κ3) is 5.82. The average Bonchev–Trinajstić information content (AvgIpc) is 2.82. The Morgan fingerprint density at radius 2 is 1.45 bits per heavy atom. The van der Waals surface area contributed by atoms with Crippen LogP contribution in [0.1, 0.15) is 48.6 Å². The number of anilines is 1. The topological polar surface area (TPSA) is 66.5 Å². The van der Waals surface area contributed by atoms with E-state index in [4.69, 9.17) is 0 Å². The molecular formula is C27H32N2O3S. The third-order valence-electron chi connectivity index (χ3n) is 5.76. The standard InChI is InChI=1S/C27H32N2O3S/c1-5-22-9-7-8-10-26(22)29(33(31,32)24-17-13-21(4)14-18-24)19-27(30)28-25(6-2)23-15-11-20(3)12-16-23/h7-18,25H,5-6,19H2,1-4H3,(H,28,30)/t25-/m1/s1. The van der Waals surface area contributed by atoms with E-state index in [1.54, 1.807) is 36.4 Å². The van der Waals surface area contributed by atoms with Crippen molar-refractivity contribution < 1.29 is 13.2 Å². The summed E-state index contributed by atoms with van der Waals surface area (Å²) in [5, 5.41) is 3.03. The van der Waals surface area contributed by atoms with Crippen molar-refractivity contribution in [3.63, 3.8) is 0 Å². The van der Waals surface area contributed by atoms with Crippen molar-refractivity contribution in [2.75, 3.05) is 10.8 Å². The van der Waals surface area contributed by atoms with Crippen molar-refractivity contribution in [1.82, 2.24) is 5.32 Å². The fourth-order valence-corrected chi connectivity index (χ4v) is 5.24. The molecule has 1 N–H and O–H groups in total. The molecule has 6 heteroatoms. The maximum absolute atomic E-state index is 13.7. The molecule has 3 rings (SSSR count). The summed E-state index contributed by atoms with van der Waals surface area (Å²) in [6.07, 6.45) is 1.35. The number of carbonyl (C=O) groups is 1. The molecule has 0 heterocycles. The van der Waals surface area contributed by atoms with Crippen LogP contribution in [-0.4, -0.2) is 20.9 Å². The number of sulfonamides is 1. The van der Waals surface area contributed by atoms with E-state index >= 15 is 0 Å². The van der Waals surface area contributed by atoms with E-state index < -0.39 is 10.0 Å². The van der Waals surface area contributed by atoms with Crippen LogP contribution in [0, 0.1) is 13.8 Å². The number of hydrogen-bond donors (Lipinski definition) is 1. The van der Waals surface area contributed by atoms with E-state index in [9.17, 15) is 13.2 Å². The van der Waals surface area contributed by atoms with Gasteiger partial charge < -0.3 is 5.32 Å². The predicted octanol–water partition coefficient (Wildman–Crippen LogP) is 5.33. The first-order valence-corrected chi connectivity index (χ1v) is 12.7. The van der Waals surface area contributed by atoms with E-state index in [1.807, 2.05) is 64.1 Å². The lowest BCUT2D eigenvalue weighted by Crippen LogP contribution is -2.42. The Hall–Kier alpha value is -3.12. The molecule has 0 saturated heterocycles. The van der Waals surface area contributed by atoms with E-state index in [0.717, 1.165) is 22.3 Å². The van der Waals surface area contributed by atoms with E-state index in [0.29, 0.717) is 18.5 Å². The average molecular weight is 465 g/mol. The highest BCUT2D eigenvalue weighted by Gasteiger charge is 2.29. The van der Waals surface area contributed by atoms with Crippen LogP contribution in [0.2, 0.25) is 0 Å². The van der Waals surface area contributed by atoms with Crippen LogP contribution in [-0.2, 0) is 21.2 Å². The molecule has 3 aromatic rings. The maximum Gasteiger partial charge on any atom is 0.264 e. The zero-order chi connectivity index (χ0) is 24.0. The molecule has 0 aliphatic carbocycles. The first kappa shape index (κ1) is 24.5. The van der Waals surface area contributed by atoms with Gasteiger partial charge >= 0.3 is 0 Å². The number of nitrogens with one attached hydrogen (secondary N) is 1. The lowest BCUT2D eigenvalue weighted by molar-refractivity contribution is -0.120. The Morgan fingerprint density at radius 3 is 2.03 bits per heavy atom. The maximum atomic E-state index is 13.7. The van der Waals surface area contributed by atoms with E-state index in [-0.39, 0.29) is 23.4 Å². The lowest BCUT2D eigenvalue weighted by Gasteiger charge is -2.27. The Morgan fingerprint density at radius 1 is 0.879 bits per heavy atom. The molecule has 1 amide bonds. The summed E-state index contributed by atoms with van der Waals surface area (Å²) >= 11 is 0. The quantitative estimate of drug-likeness (QED) is 0.465. The molecule has 5 nitrogen and oxygen atoms in total. The molecule has 3 aromatic carbocycles. The van der Waals surface area contributed by atoms with Gasteiger partial charge in [-0.05, 0) is 56.0 Å². The number of rotatable bonds is 9. The largest absolute Gasteiger partial charge is 0.348 e. The van der Waals surface area contributed by atoms with Gasteiger partial charge in [0.05, 0.1) is 16.6 Å². The molecule has 0 spiro atoms. The van der Waals surface area contributed by atoms with Crippen molar-refractivity contribution >= 4 is 21.6 Å². The number of para-hydroxylation sites is 1. The van der Waals surface area contributed by atoms with Crippen molar-refractivity contribution in [2.24, 2.45) is 0 Å². The van der Waals surface area contributed by atoms with Crippen LogP contribution in [0.15, 0.2) is 77.7 Å². The van der Waals surface area contributed by atoms with Gasteiger partial charge in [0.1, 0.15) is 6.54 Å². The van der Waals surface area contributed by atoms with Crippen LogP contribution < -0.4 is 9.62 Å². The normalized spacial score (nSPS) is 12.2. The molecule has 0 bridgehead atoms. The van der Waals surface area contributed by atoms with Crippen molar-refractivity contribution in [3.05, 3.63) is 95.1 Å². The summed E-state index contributed by atoms with van der Waals surface area (Å²) in [5.41, 5.74) is 4.51. The molecule has 0 fully saturated rings. The lowest BCUT2D eigenvalue weighted by atomic mass is 10.0. The van der Waals surface area contributed by atoms with Crippen LogP contribution in [0.4, 0.5) is 5.69 Å². The highest BCUT2D eigenvalue weighted by molar-refractivity contribution is 7.92. The highest BCUT2D eigenvalue weighted by Crippen LogP contribution is 2.28. The van der Waals surface area contributed by atoms with Gasteiger partial charge in [0, 0.05) is 0 Å². The second-order valence-corrected chi connectivity index (χ2v) is 10.1. The molecule has 0 aliphatic rings. The molecule has 0 unspecified atom stereocenters. The summed E-state index contributed by atoms with van der Waals surface area (Å²) in [6.45, 7) is 7.60. The molecule has 33 heavy (non-hydrogen) atoms. The van der Waals surface area contributed by atoms with Gasteiger partial charge in [-0.3, -0.25) is 9.10 Å². The minimum absolute atomic E-state index is 0.164. The van der Waals surface area contributed by atoms with Crippen LogP contribution >= 0.6 is 0 Å². The van der Waals surface area contributed by atoms with Gasteiger partial charge in [-0.2, -0.15) is 0 Å². The molecular weight excluding hydrogens is 432 g/mol. The molecule has 174 valence electrons. The molecule has 1 atom stereocenters. The van der Waals surface area contributed by atoms with Gasteiger partial charge in [-0.25, -0.2) is 8.42 Å². The first-order chi connectivity index (χ1) is 15.8. The first-order valence-electron chi connectivity index (χ1n) is 11.3. The smallest absolute Gasteiger partial charge is 0.264 e. The number of aryl methyl sites for hydroxylation is 3. The zero-order valence-corrected chi connectivity index (χ0v) is 20.5. The van der Waals surface area contributed by atoms with Crippen LogP contribution in [0.5, 0.6) is 0 Å². The minimum atomic E-state index is -3.94. The summed E-state index contributed by atoms with van der Waals surface area (Å²) in [4.78, 5) is 13.3. The summed E-state index contributed by atoms with van der Waals surface area (Å²) in [6, 6.07) is 21.9. The summed E-state index contributed by atoms with van der Waals surface area (Å²) in [7, 11) is -3.94. The third-order valence-corrected chi connectivity index (χ3v) is 7.53. The Kier molecular flexibility index (Phi) is 7.92. The fourth-order valence-electron chi connectivity index (χ4n) is 3.78. The predicted molar refractivity (Wildman–Crippen MR) is 134 cm³/mol. The van der Waals surface area contributed by atoms with Gasteiger partial charge in [-0.15, -0.1) is 0 Å². The molecule has 0 aliphatic heterocycles. The zero-order valence-electron chi connectivity index (χ0n) is 19.7. The molecule has 0 radical (unpaired) electrons. The second kappa shape index (κ2) is 10.7. The monoisotopic (exact) mass is 464 g/mol. The Balaban J connectivity index is 1.95. The fraction of sp³-hybridized carbons (Fsp3) is 0.296. The van der Waals surface area contributed by atoms with Crippen LogP contribution in [0.3, 0.4) is 0 Å². The molecule has 0 aromatic heterocycles. The van der Waals surface area contributed by atoms with Gasteiger partial charge in [0.2, 0.25) is 5.91 Å². The van der Waals surface area contributed by atoms with Gasteiger partial charge in [0.25, 0.3) is 10.0 Å². The van der Waals surface area contributed by atoms with Crippen molar-refractivity contribution in [2.45, 2.75) is 51.5 Å². The number of nitrogens with zero attached hydrogens (tertiary/aromatic N) is 1. The number of hydrogen-bond acceptors (Lipinski definition) is 3. The van der Waals surface area contributed by atoms with Crippen molar-refractivity contribution in [1.29, 1.82) is 0 Å². The van der Waals surface area contributed by atoms with Crippen LogP contribution in [0.25, 0.3) is 0 Å².